The number of carbonyl (C=O) groups excluding carboxylic acids is 1. The van der Waals surface area contributed by atoms with Crippen molar-refractivity contribution in [3.63, 3.8) is 0 Å². The molecule has 0 aliphatic rings. The lowest BCUT2D eigenvalue weighted by Crippen LogP contribution is -2.20. The van der Waals surface area contributed by atoms with Crippen molar-refractivity contribution in [1.29, 1.82) is 0 Å². The monoisotopic (exact) mass is 336 g/mol. The first kappa shape index (κ1) is 13.2. The van der Waals surface area contributed by atoms with Crippen molar-refractivity contribution in [1.82, 2.24) is 0 Å². The highest BCUT2D eigenvalue weighted by Gasteiger charge is 2.11. The SMILES string of the molecule is COC(=O)Cc1ccc(C(N)N)c(OI)c1. The van der Waals surface area contributed by atoms with Gasteiger partial charge in [-0.15, -0.1) is 0 Å². The summed E-state index contributed by atoms with van der Waals surface area (Å²) in [5.74, 6) is 0.265. The summed E-state index contributed by atoms with van der Waals surface area (Å²) >= 11 is 1.74. The Balaban J connectivity index is 2.95. The van der Waals surface area contributed by atoms with Gasteiger partial charge in [-0.2, -0.15) is 0 Å². The molecular formula is C10H13IN2O3. The van der Waals surface area contributed by atoms with E-state index in [4.69, 9.17) is 14.5 Å². The van der Waals surface area contributed by atoms with Crippen LogP contribution in [0, 0.1) is 0 Å². The maximum absolute atomic E-state index is 11.1. The van der Waals surface area contributed by atoms with Crippen LogP contribution in [-0.4, -0.2) is 13.1 Å². The molecule has 88 valence electrons. The van der Waals surface area contributed by atoms with Crippen LogP contribution in [-0.2, 0) is 16.0 Å². The molecule has 0 aromatic heterocycles. The molecule has 1 aromatic rings. The zero-order chi connectivity index (χ0) is 12.1. The minimum atomic E-state index is -0.600. The van der Waals surface area contributed by atoms with Gasteiger partial charge in [0.25, 0.3) is 0 Å². The second-order valence-electron chi connectivity index (χ2n) is 3.23. The number of carbonyl (C=O) groups is 1. The summed E-state index contributed by atoms with van der Waals surface area (Å²) in [7, 11) is 1.35. The molecule has 0 saturated carbocycles. The van der Waals surface area contributed by atoms with Gasteiger partial charge in [-0.1, -0.05) is 12.1 Å². The van der Waals surface area contributed by atoms with Crippen LogP contribution < -0.4 is 14.5 Å². The molecule has 0 aliphatic heterocycles. The highest BCUT2D eigenvalue weighted by molar-refractivity contribution is 14.1. The van der Waals surface area contributed by atoms with E-state index in [1.807, 2.05) is 0 Å². The maximum Gasteiger partial charge on any atom is 0.309 e. The second-order valence-corrected chi connectivity index (χ2v) is 3.67. The number of rotatable bonds is 4. The minimum Gasteiger partial charge on any atom is -0.469 e. The molecule has 0 fully saturated rings. The standard InChI is InChI=1S/C10H13IN2O3/c1-15-9(14)5-6-2-3-7(10(12)13)8(4-6)16-11/h2-4,10H,5,12-13H2,1H3. The molecule has 0 aliphatic carbocycles. The third-order valence-corrected chi connectivity index (χ3v) is 2.57. The molecule has 0 unspecified atom stereocenters. The first-order valence-electron chi connectivity index (χ1n) is 4.58. The summed E-state index contributed by atoms with van der Waals surface area (Å²) in [5, 5.41) is 0. The highest BCUT2D eigenvalue weighted by atomic mass is 127. The van der Waals surface area contributed by atoms with Crippen molar-refractivity contribution in [2.75, 3.05) is 7.11 Å². The average molecular weight is 336 g/mol. The van der Waals surface area contributed by atoms with Gasteiger partial charge in [-0.05, 0) is 11.6 Å². The van der Waals surface area contributed by atoms with Gasteiger partial charge in [0.05, 0.1) is 19.7 Å². The van der Waals surface area contributed by atoms with Crippen molar-refractivity contribution < 1.29 is 12.6 Å². The van der Waals surface area contributed by atoms with Gasteiger partial charge in [0.2, 0.25) is 0 Å². The van der Waals surface area contributed by atoms with Crippen molar-refractivity contribution in [3.05, 3.63) is 29.3 Å². The lowest BCUT2D eigenvalue weighted by Gasteiger charge is -2.11. The van der Waals surface area contributed by atoms with Crippen LogP contribution in [0.2, 0.25) is 0 Å². The van der Waals surface area contributed by atoms with Crippen molar-refractivity contribution in [2.24, 2.45) is 11.5 Å². The Kier molecular flexibility index (Phi) is 4.97. The van der Waals surface area contributed by atoms with E-state index < -0.39 is 6.17 Å². The fourth-order valence-electron chi connectivity index (χ4n) is 1.27. The Labute approximate surface area is 108 Å². The molecular weight excluding hydrogens is 323 g/mol. The number of hydrogen-bond acceptors (Lipinski definition) is 5. The quantitative estimate of drug-likeness (QED) is 0.487. The lowest BCUT2D eigenvalue weighted by molar-refractivity contribution is -0.139. The van der Waals surface area contributed by atoms with E-state index in [1.165, 1.54) is 7.11 Å². The molecule has 0 amide bonds. The number of benzene rings is 1. The molecule has 16 heavy (non-hydrogen) atoms. The van der Waals surface area contributed by atoms with E-state index in [2.05, 4.69) is 4.74 Å². The Morgan fingerprint density at radius 2 is 2.19 bits per heavy atom. The van der Waals surface area contributed by atoms with Crippen LogP contribution >= 0.6 is 23.0 Å². The second kappa shape index (κ2) is 6.02. The Bertz CT molecular complexity index is 382. The Morgan fingerprint density at radius 1 is 1.50 bits per heavy atom. The zero-order valence-corrected chi connectivity index (χ0v) is 10.9. The molecule has 0 saturated heterocycles. The molecule has 1 rings (SSSR count). The smallest absolute Gasteiger partial charge is 0.309 e. The summed E-state index contributed by atoms with van der Waals surface area (Å²) in [4.78, 5) is 11.1. The van der Waals surface area contributed by atoms with E-state index in [-0.39, 0.29) is 12.4 Å². The van der Waals surface area contributed by atoms with Crippen LogP contribution in [0.1, 0.15) is 17.3 Å². The fraction of sp³-hybridized carbons (Fsp3) is 0.300. The van der Waals surface area contributed by atoms with Gasteiger partial charge in [-0.3, -0.25) is 4.79 Å². The van der Waals surface area contributed by atoms with E-state index in [0.717, 1.165) is 5.56 Å². The minimum absolute atomic E-state index is 0.198. The number of esters is 1. The third kappa shape index (κ3) is 3.32. The van der Waals surface area contributed by atoms with Gasteiger partial charge in [0.15, 0.2) is 23.0 Å². The van der Waals surface area contributed by atoms with Gasteiger partial charge < -0.3 is 19.3 Å². The zero-order valence-electron chi connectivity index (χ0n) is 8.77. The number of nitrogens with two attached hydrogens (primary N) is 2. The summed E-state index contributed by atoms with van der Waals surface area (Å²) in [5.41, 5.74) is 12.6. The number of hydrogen-bond donors (Lipinski definition) is 2. The lowest BCUT2D eigenvalue weighted by atomic mass is 10.1. The van der Waals surface area contributed by atoms with Gasteiger partial charge in [0.1, 0.15) is 5.75 Å². The van der Waals surface area contributed by atoms with E-state index >= 15 is 0 Å². The molecule has 1 aromatic carbocycles. The van der Waals surface area contributed by atoms with Crippen LogP contribution in [0.25, 0.3) is 0 Å². The maximum atomic E-state index is 11.1. The van der Waals surface area contributed by atoms with Crippen molar-refractivity contribution in [3.8, 4) is 5.75 Å². The largest absolute Gasteiger partial charge is 0.469 e. The number of halogens is 1. The van der Waals surface area contributed by atoms with Gasteiger partial charge in [0, 0.05) is 5.56 Å². The first-order valence-corrected chi connectivity index (χ1v) is 5.46. The average Bonchev–Trinajstić information content (AvgIpc) is 2.28. The predicted molar refractivity (Wildman–Crippen MR) is 67.9 cm³/mol. The molecule has 0 bridgehead atoms. The van der Waals surface area contributed by atoms with E-state index in [1.54, 1.807) is 41.2 Å². The van der Waals surface area contributed by atoms with Crippen molar-refractivity contribution >= 4 is 29.0 Å². The normalized spacial score (nSPS) is 10.3. The molecule has 0 radical (unpaired) electrons. The molecule has 0 spiro atoms. The molecule has 6 heteroatoms. The number of methoxy groups -OCH3 is 1. The van der Waals surface area contributed by atoms with Gasteiger partial charge in [-0.25, -0.2) is 0 Å². The molecule has 4 N–H and O–H groups in total. The molecule has 5 nitrogen and oxygen atoms in total. The van der Waals surface area contributed by atoms with Crippen LogP contribution in [0.15, 0.2) is 18.2 Å². The molecule has 0 heterocycles. The first-order chi connectivity index (χ1) is 7.58. The van der Waals surface area contributed by atoms with Crippen molar-refractivity contribution in [2.45, 2.75) is 12.6 Å². The summed E-state index contributed by atoms with van der Waals surface area (Å²) in [6.07, 6.45) is -0.402. The summed E-state index contributed by atoms with van der Waals surface area (Å²) in [6.45, 7) is 0. The fourth-order valence-corrected chi connectivity index (χ4v) is 1.65. The van der Waals surface area contributed by atoms with Gasteiger partial charge >= 0.3 is 5.97 Å². The predicted octanol–water partition coefficient (Wildman–Crippen LogP) is 1.05. The van der Waals surface area contributed by atoms with Crippen LogP contribution in [0.3, 0.4) is 0 Å². The summed E-state index contributed by atoms with van der Waals surface area (Å²) < 4.78 is 9.69. The Morgan fingerprint density at radius 3 is 2.69 bits per heavy atom. The topological polar surface area (TPSA) is 87.6 Å². The van der Waals surface area contributed by atoms with Crippen LogP contribution in [0.5, 0.6) is 5.75 Å². The highest BCUT2D eigenvalue weighted by Crippen LogP contribution is 2.25. The van der Waals surface area contributed by atoms with E-state index in [9.17, 15) is 4.79 Å². The Hall–Kier alpha value is -0.860. The molecule has 0 atom stereocenters. The number of ether oxygens (including phenoxy) is 1. The van der Waals surface area contributed by atoms with E-state index in [0.29, 0.717) is 11.3 Å². The van der Waals surface area contributed by atoms with Crippen LogP contribution in [0.4, 0.5) is 0 Å². The third-order valence-electron chi connectivity index (χ3n) is 2.10. The summed E-state index contributed by atoms with van der Waals surface area (Å²) in [6, 6.07) is 5.25.